The van der Waals surface area contributed by atoms with Gasteiger partial charge in [0, 0.05) is 10.3 Å². The van der Waals surface area contributed by atoms with Crippen LogP contribution in [-0.4, -0.2) is 16.5 Å². The SMILES string of the molecule is CCCNC(c1csc(C)n1)c1nc2c(s1)CCCC2. The first-order valence-electron chi connectivity index (χ1n) is 7.41. The minimum Gasteiger partial charge on any atom is -0.303 e. The van der Waals surface area contributed by atoms with E-state index in [-0.39, 0.29) is 6.04 Å². The molecule has 5 heteroatoms. The molecular weight excluding hydrogens is 286 g/mol. The monoisotopic (exact) mass is 307 g/mol. The Kier molecular flexibility index (Phi) is 4.48. The van der Waals surface area contributed by atoms with E-state index in [2.05, 4.69) is 29.5 Å². The second kappa shape index (κ2) is 6.33. The lowest BCUT2D eigenvalue weighted by Crippen LogP contribution is -2.23. The molecule has 0 aliphatic heterocycles. The van der Waals surface area contributed by atoms with Gasteiger partial charge in [0.1, 0.15) is 11.0 Å². The third kappa shape index (κ3) is 2.95. The number of rotatable bonds is 5. The molecule has 1 aliphatic carbocycles. The van der Waals surface area contributed by atoms with Crippen LogP contribution in [0.25, 0.3) is 0 Å². The van der Waals surface area contributed by atoms with Crippen molar-refractivity contribution in [3.63, 3.8) is 0 Å². The molecule has 3 nitrogen and oxygen atoms in total. The van der Waals surface area contributed by atoms with Gasteiger partial charge in [-0.1, -0.05) is 6.92 Å². The molecule has 1 unspecified atom stereocenters. The molecule has 0 saturated heterocycles. The van der Waals surface area contributed by atoms with Crippen LogP contribution in [0.5, 0.6) is 0 Å². The average molecular weight is 307 g/mol. The van der Waals surface area contributed by atoms with Crippen LogP contribution in [0.1, 0.15) is 58.5 Å². The molecule has 2 aromatic rings. The molecule has 2 aromatic heterocycles. The van der Waals surface area contributed by atoms with Gasteiger partial charge in [-0.2, -0.15) is 0 Å². The van der Waals surface area contributed by atoms with Crippen molar-refractivity contribution < 1.29 is 0 Å². The largest absolute Gasteiger partial charge is 0.303 e. The summed E-state index contributed by atoms with van der Waals surface area (Å²) in [7, 11) is 0. The molecule has 3 rings (SSSR count). The summed E-state index contributed by atoms with van der Waals surface area (Å²) < 4.78 is 0. The predicted molar refractivity (Wildman–Crippen MR) is 85.7 cm³/mol. The molecule has 1 atom stereocenters. The number of hydrogen-bond acceptors (Lipinski definition) is 5. The zero-order chi connectivity index (χ0) is 13.9. The average Bonchev–Trinajstić information content (AvgIpc) is 3.05. The maximum absolute atomic E-state index is 4.91. The van der Waals surface area contributed by atoms with Crippen LogP contribution >= 0.6 is 22.7 Å². The van der Waals surface area contributed by atoms with Gasteiger partial charge in [0.05, 0.1) is 16.4 Å². The van der Waals surface area contributed by atoms with Crippen molar-refractivity contribution in [2.24, 2.45) is 0 Å². The maximum Gasteiger partial charge on any atom is 0.116 e. The summed E-state index contributed by atoms with van der Waals surface area (Å²) in [6.07, 6.45) is 6.10. The van der Waals surface area contributed by atoms with Gasteiger partial charge >= 0.3 is 0 Å². The molecule has 1 aliphatic rings. The second-order valence-corrected chi connectivity index (χ2v) is 7.49. The minimum absolute atomic E-state index is 0.176. The Bertz CT molecular complexity index is 550. The van der Waals surface area contributed by atoms with Crippen LogP contribution in [0.4, 0.5) is 0 Å². The molecule has 0 aromatic carbocycles. The van der Waals surface area contributed by atoms with E-state index in [1.54, 1.807) is 11.3 Å². The summed E-state index contributed by atoms with van der Waals surface area (Å²) in [4.78, 5) is 11.1. The number of hydrogen-bond donors (Lipinski definition) is 1. The van der Waals surface area contributed by atoms with E-state index in [0.717, 1.165) is 30.1 Å². The highest BCUT2D eigenvalue weighted by Crippen LogP contribution is 2.32. The summed E-state index contributed by atoms with van der Waals surface area (Å²) in [6.45, 7) is 5.27. The number of thiazole rings is 2. The quantitative estimate of drug-likeness (QED) is 0.911. The Labute approximate surface area is 128 Å². The molecule has 0 spiro atoms. The second-order valence-electron chi connectivity index (χ2n) is 5.31. The van der Waals surface area contributed by atoms with Gasteiger partial charge in [0.15, 0.2) is 0 Å². The van der Waals surface area contributed by atoms with Gasteiger partial charge in [-0.15, -0.1) is 22.7 Å². The molecule has 0 bridgehead atoms. The van der Waals surface area contributed by atoms with Crippen molar-refractivity contribution in [3.05, 3.63) is 31.7 Å². The maximum atomic E-state index is 4.91. The molecular formula is C15H21N3S2. The fourth-order valence-corrected chi connectivity index (χ4v) is 4.50. The third-order valence-corrected chi connectivity index (χ3v) is 5.65. The summed E-state index contributed by atoms with van der Waals surface area (Å²) in [5, 5.41) is 8.12. The van der Waals surface area contributed by atoms with Crippen LogP contribution in [-0.2, 0) is 12.8 Å². The molecule has 108 valence electrons. The van der Waals surface area contributed by atoms with Gasteiger partial charge in [-0.05, 0) is 45.6 Å². The van der Waals surface area contributed by atoms with E-state index in [1.165, 1.54) is 34.8 Å². The van der Waals surface area contributed by atoms with Crippen molar-refractivity contribution in [2.45, 2.75) is 52.0 Å². The summed E-state index contributed by atoms with van der Waals surface area (Å²) >= 11 is 3.61. The summed E-state index contributed by atoms with van der Waals surface area (Å²) in [5.41, 5.74) is 2.47. The van der Waals surface area contributed by atoms with E-state index >= 15 is 0 Å². The van der Waals surface area contributed by atoms with Crippen LogP contribution < -0.4 is 5.32 Å². The fraction of sp³-hybridized carbons (Fsp3) is 0.600. The Morgan fingerprint density at radius 2 is 2.15 bits per heavy atom. The number of aryl methyl sites for hydroxylation is 3. The van der Waals surface area contributed by atoms with Crippen molar-refractivity contribution in [2.75, 3.05) is 6.54 Å². The van der Waals surface area contributed by atoms with Crippen molar-refractivity contribution in [1.82, 2.24) is 15.3 Å². The Balaban J connectivity index is 1.90. The lowest BCUT2D eigenvalue weighted by Gasteiger charge is -2.13. The van der Waals surface area contributed by atoms with Gasteiger partial charge in [-0.3, -0.25) is 0 Å². The molecule has 0 saturated carbocycles. The molecule has 0 fully saturated rings. The molecule has 2 heterocycles. The van der Waals surface area contributed by atoms with Gasteiger partial charge in [-0.25, -0.2) is 9.97 Å². The predicted octanol–water partition coefficient (Wildman–Crippen LogP) is 3.88. The number of fused-ring (bicyclic) bond motifs is 1. The zero-order valence-corrected chi connectivity index (χ0v) is 13.7. The van der Waals surface area contributed by atoms with Crippen LogP contribution in [0.2, 0.25) is 0 Å². The first-order chi connectivity index (χ1) is 9.78. The summed E-state index contributed by atoms with van der Waals surface area (Å²) in [6, 6.07) is 0.176. The van der Waals surface area contributed by atoms with Crippen molar-refractivity contribution >= 4 is 22.7 Å². The highest BCUT2D eigenvalue weighted by atomic mass is 32.1. The summed E-state index contributed by atoms with van der Waals surface area (Å²) in [5.74, 6) is 0. The third-order valence-electron chi connectivity index (χ3n) is 3.64. The highest BCUT2D eigenvalue weighted by Gasteiger charge is 2.23. The normalized spacial score (nSPS) is 16.1. The number of aromatic nitrogens is 2. The minimum atomic E-state index is 0.176. The van der Waals surface area contributed by atoms with Crippen LogP contribution in [0, 0.1) is 6.92 Å². The fourth-order valence-electron chi connectivity index (χ4n) is 2.62. The van der Waals surface area contributed by atoms with E-state index in [0.29, 0.717) is 0 Å². The van der Waals surface area contributed by atoms with Crippen molar-refractivity contribution in [1.29, 1.82) is 0 Å². The Morgan fingerprint density at radius 1 is 1.30 bits per heavy atom. The lowest BCUT2D eigenvalue weighted by atomic mass is 10.0. The smallest absolute Gasteiger partial charge is 0.116 e. The van der Waals surface area contributed by atoms with E-state index in [4.69, 9.17) is 4.98 Å². The molecule has 0 radical (unpaired) electrons. The molecule has 20 heavy (non-hydrogen) atoms. The van der Waals surface area contributed by atoms with E-state index < -0.39 is 0 Å². The van der Waals surface area contributed by atoms with Crippen LogP contribution in [0.15, 0.2) is 5.38 Å². The zero-order valence-electron chi connectivity index (χ0n) is 12.1. The number of nitrogens with one attached hydrogen (secondary N) is 1. The van der Waals surface area contributed by atoms with E-state index in [1.807, 2.05) is 11.3 Å². The van der Waals surface area contributed by atoms with Gasteiger partial charge < -0.3 is 5.32 Å². The Hall–Kier alpha value is -0.780. The molecule has 1 N–H and O–H groups in total. The van der Waals surface area contributed by atoms with Crippen molar-refractivity contribution in [3.8, 4) is 0 Å². The first kappa shape index (κ1) is 14.2. The Morgan fingerprint density at radius 3 is 2.85 bits per heavy atom. The standard InChI is InChI=1S/C15H21N3S2/c1-3-8-16-14(12-9-19-10(2)17-12)15-18-11-6-4-5-7-13(11)20-15/h9,14,16H,3-8H2,1-2H3. The van der Waals surface area contributed by atoms with E-state index in [9.17, 15) is 0 Å². The lowest BCUT2D eigenvalue weighted by molar-refractivity contribution is 0.582. The van der Waals surface area contributed by atoms with Gasteiger partial charge in [0.2, 0.25) is 0 Å². The van der Waals surface area contributed by atoms with Crippen LogP contribution in [0.3, 0.4) is 0 Å². The number of nitrogens with zero attached hydrogens (tertiary/aromatic N) is 2. The topological polar surface area (TPSA) is 37.8 Å². The first-order valence-corrected chi connectivity index (χ1v) is 9.11. The highest BCUT2D eigenvalue weighted by molar-refractivity contribution is 7.12. The molecule has 0 amide bonds. The van der Waals surface area contributed by atoms with Gasteiger partial charge in [0.25, 0.3) is 0 Å².